The SMILES string of the molecule is O=c1c(C=Nc2ccc(S(=O)(=O)N3CCOCC3)cc2)coc2ccccc12. The normalized spacial score (nSPS) is 16.0. The number of benzene rings is 2. The molecule has 4 rings (SSSR count). The fourth-order valence-corrected chi connectivity index (χ4v) is 4.37. The molecule has 0 unspecified atom stereocenters. The number of morpholine rings is 1. The molecule has 0 N–H and O–H groups in total. The first kappa shape index (κ1) is 18.5. The van der Waals surface area contributed by atoms with Crippen LogP contribution in [0.1, 0.15) is 5.56 Å². The number of sulfonamides is 1. The van der Waals surface area contributed by atoms with Crippen LogP contribution in [0.25, 0.3) is 11.0 Å². The molecule has 7 nitrogen and oxygen atoms in total. The van der Waals surface area contributed by atoms with Gasteiger partial charge in [-0.15, -0.1) is 0 Å². The first-order chi connectivity index (χ1) is 13.6. The largest absolute Gasteiger partial charge is 0.463 e. The number of ether oxygens (including phenoxy) is 1. The second-order valence-corrected chi connectivity index (χ2v) is 8.22. The standard InChI is InChI=1S/C20H18N2O5S/c23-20-15(14-27-19-4-2-1-3-18(19)20)13-21-16-5-7-17(8-6-16)28(24,25)22-9-11-26-12-10-22/h1-8,13-14H,9-12H2. The fourth-order valence-electron chi connectivity index (χ4n) is 2.97. The van der Waals surface area contributed by atoms with Crippen LogP contribution in [0.2, 0.25) is 0 Å². The zero-order chi connectivity index (χ0) is 19.6. The lowest BCUT2D eigenvalue weighted by atomic mass is 10.2. The van der Waals surface area contributed by atoms with Crippen LogP contribution in [-0.2, 0) is 14.8 Å². The molecule has 1 aliphatic rings. The summed E-state index contributed by atoms with van der Waals surface area (Å²) in [6, 6.07) is 13.2. The van der Waals surface area contributed by atoms with Crippen molar-refractivity contribution in [2.75, 3.05) is 26.3 Å². The topological polar surface area (TPSA) is 89.2 Å². The molecular formula is C20H18N2O5S. The second-order valence-electron chi connectivity index (χ2n) is 6.28. The molecule has 0 spiro atoms. The Morgan fingerprint density at radius 3 is 2.46 bits per heavy atom. The van der Waals surface area contributed by atoms with Crippen LogP contribution in [0.3, 0.4) is 0 Å². The zero-order valence-corrected chi connectivity index (χ0v) is 15.8. The Hall–Kier alpha value is -2.81. The van der Waals surface area contributed by atoms with Gasteiger partial charge < -0.3 is 9.15 Å². The van der Waals surface area contributed by atoms with E-state index in [0.717, 1.165) is 0 Å². The molecule has 3 aromatic rings. The summed E-state index contributed by atoms with van der Waals surface area (Å²) >= 11 is 0. The molecule has 2 heterocycles. The van der Waals surface area contributed by atoms with Gasteiger partial charge in [-0.1, -0.05) is 12.1 Å². The molecule has 0 aliphatic carbocycles. The Balaban J connectivity index is 1.56. The lowest BCUT2D eigenvalue weighted by Crippen LogP contribution is -2.40. The molecule has 0 bridgehead atoms. The second kappa shape index (κ2) is 7.67. The van der Waals surface area contributed by atoms with Crippen molar-refractivity contribution in [1.29, 1.82) is 0 Å². The van der Waals surface area contributed by atoms with Crippen LogP contribution < -0.4 is 5.43 Å². The Bertz CT molecular complexity index is 1180. The maximum absolute atomic E-state index is 12.6. The Kier molecular flexibility index (Phi) is 5.08. The predicted octanol–water partition coefficient (Wildman–Crippen LogP) is 2.56. The molecule has 0 radical (unpaired) electrons. The van der Waals surface area contributed by atoms with E-state index in [9.17, 15) is 13.2 Å². The van der Waals surface area contributed by atoms with Crippen molar-refractivity contribution >= 4 is 32.9 Å². The van der Waals surface area contributed by atoms with E-state index in [1.54, 1.807) is 36.4 Å². The average Bonchev–Trinajstić information content (AvgIpc) is 2.74. The molecule has 8 heteroatoms. The number of hydrogen-bond donors (Lipinski definition) is 0. The van der Waals surface area contributed by atoms with Crippen LogP contribution in [0, 0.1) is 0 Å². The van der Waals surface area contributed by atoms with Gasteiger partial charge in [0.1, 0.15) is 11.8 Å². The molecule has 1 aliphatic heterocycles. The van der Waals surface area contributed by atoms with Gasteiger partial charge in [-0.3, -0.25) is 9.79 Å². The van der Waals surface area contributed by atoms with Crippen molar-refractivity contribution in [2.45, 2.75) is 4.90 Å². The van der Waals surface area contributed by atoms with Crippen molar-refractivity contribution in [1.82, 2.24) is 4.31 Å². The quantitative estimate of drug-likeness (QED) is 0.630. The third-order valence-corrected chi connectivity index (χ3v) is 6.42. The monoisotopic (exact) mass is 398 g/mol. The molecule has 0 atom stereocenters. The highest BCUT2D eigenvalue weighted by Gasteiger charge is 2.25. The number of nitrogens with zero attached hydrogens (tertiary/aromatic N) is 2. The number of rotatable bonds is 4. The van der Waals surface area contributed by atoms with Crippen molar-refractivity contribution in [3.05, 3.63) is 70.6 Å². The highest BCUT2D eigenvalue weighted by atomic mass is 32.2. The van der Waals surface area contributed by atoms with E-state index in [-0.39, 0.29) is 10.3 Å². The third kappa shape index (κ3) is 3.62. The zero-order valence-electron chi connectivity index (χ0n) is 14.9. The van der Waals surface area contributed by atoms with Crippen LogP contribution in [0.15, 0.2) is 73.9 Å². The maximum atomic E-state index is 12.6. The lowest BCUT2D eigenvalue weighted by molar-refractivity contribution is 0.0730. The van der Waals surface area contributed by atoms with Crippen molar-refractivity contribution in [3.8, 4) is 0 Å². The summed E-state index contributed by atoms with van der Waals surface area (Å²) in [5.74, 6) is 0. The van der Waals surface area contributed by atoms with E-state index in [1.165, 1.54) is 28.9 Å². The van der Waals surface area contributed by atoms with Gasteiger partial charge in [-0.05, 0) is 36.4 Å². The molecule has 28 heavy (non-hydrogen) atoms. The van der Waals surface area contributed by atoms with E-state index < -0.39 is 10.0 Å². The van der Waals surface area contributed by atoms with Crippen LogP contribution >= 0.6 is 0 Å². The number of aliphatic imine (C=N–C) groups is 1. The smallest absolute Gasteiger partial charge is 0.243 e. The summed E-state index contributed by atoms with van der Waals surface area (Å²) in [7, 11) is -3.54. The first-order valence-electron chi connectivity index (χ1n) is 8.78. The summed E-state index contributed by atoms with van der Waals surface area (Å²) in [6.45, 7) is 1.49. The van der Waals surface area contributed by atoms with Crippen LogP contribution in [0.4, 0.5) is 5.69 Å². The van der Waals surface area contributed by atoms with Gasteiger partial charge in [-0.25, -0.2) is 8.42 Å². The molecule has 2 aromatic carbocycles. The van der Waals surface area contributed by atoms with Gasteiger partial charge in [0.05, 0.1) is 34.7 Å². The van der Waals surface area contributed by atoms with E-state index in [2.05, 4.69) is 4.99 Å². The van der Waals surface area contributed by atoms with Crippen molar-refractivity contribution in [3.63, 3.8) is 0 Å². The lowest BCUT2D eigenvalue weighted by Gasteiger charge is -2.26. The summed E-state index contributed by atoms with van der Waals surface area (Å²) in [5.41, 5.74) is 1.21. The first-order valence-corrected chi connectivity index (χ1v) is 10.2. The third-order valence-electron chi connectivity index (χ3n) is 4.50. The molecule has 1 saturated heterocycles. The van der Waals surface area contributed by atoms with Gasteiger partial charge in [0, 0.05) is 19.3 Å². The van der Waals surface area contributed by atoms with Gasteiger partial charge in [0.25, 0.3) is 0 Å². The number of para-hydroxylation sites is 1. The van der Waals surface area contributed by atoms with E-state index >= 15 is 0 Å². The van der Waals surface area contributed by atoms with Crippen LogP contribution in [0.5, 0.6) is 0 Å². The predicted molar refractivity (Wildman–Crippen MR) is 106 cm³/mol. The summed E-state index contributed by atoms with van der Waals surface area (Å²) in [5, 5.41) is 0.485. The Morgan fingerprint density at radius 2 is 1.71 bits per heavy atom. The van der Waals surface area contributed by atoms with E-state index in [1.807, 2.05) is 0 Å². The Morgan fingerprint density at radius 1 is 1.00 bits per heavy atom. The molecule has 1 aromatic heterocycles. The minimum absolute atomic E-state index is 0.169. The molecule has 1 fully saturated rings. The minimum Gasteiger partial charge on any atom is -0.463 e. The minimum atomic E-state index is -3.54. The van der Waals surface area contributed by atoms with Crippen LogP contribution in [-0.4, -0.2) is 45.2 Å². The van der Waals surface area contributed by atoms with E-state index in [4.69, 9.17) is 9.15 Å². The number of hydrogen-bond acceptors (Lipinski definition) is 6. The average molecular weight is 398 g/mol. The number of fused-ring (bicyclic) bond motifs is 1. The van der Waals surface area contributed by atoms with Gasteiger partial charge in [0.2, 0.25) is 15.5 Å². The van der Waals surface area contributed by atoms with Gasteiger partial charge in [-0.2, -0.15) is 4.31 Å². The molecule has 0 amide bonds. The highest BCUT2D eigenvalue weighted by molar-refractivity contribution is 7.89. The fraction of sp³-hybridized carbons (Fsp3) is 0.200. The maximum Gasteiger partial charge on any atom is 0.243 e. The highest BCUT2D eigenvalue weighted by Crippen LogP contribution is 2.21. The van der Waals surface area contributed by atoms with Gasteiger partial charge >= 0.3 is 0 Å². The summed E-state index contributed by atoms with van der Waals surface area (Å²) in [6.07, 6.45) is 2.79. The molecule has 0 saturated carbocycles. The van der Waals surface area contributed by atoms with E-state index in [0.29, 0.717) is 48.5 Å². The Labute approximate surface area is 161 Å². The molecule has 144 valence electrons. The summed E-state index contributed by atoms with van der Waals surface area (Å²) < 4.78 is 37.3. The summed E-state index contributed by atoms with van der Waals surface area (Å²) in [4.78, 5) is 16.9. The molecular weight excluding hydrogens is 380 g/mol. The van der Waals surface area contributed by atoms with Crippen molar-refractivity contribution < 1.29 is 17.6 Å². The van der Waals surface area contributed by atoms with Gasteiger partial charge in [0.15, 0.2) is 0 Å². The van der Waals surface area contributed by atoms with Crippen molar-refractivity contribution in [2.24, 2.45) is 4.99 Å².